The first-order valence-electron chi connectivity index (χ1n) is 7.79. The summed E-state index contributed by atoms with van der Waals surface area (Å²) in [5.41, 5.74) is 0. The molecule has 0 N–H and O–H groups in total. The molecule has 0 aliphatic carbocycles. The van der Waals surface area contributed by atoms with Crippen LogP contribution in [-0.2, 0) is 14.3 Å². The average molecular weight is 383 g/mol. The lowest BCUT2D eigenvalue weighted by atomic mass is 10.2. The lowest BCUT2D eigenvalue weighted by Crippen LogP contribution is -2.41. The molecule has 0 atom stereocenters. The molecule has 0 saturated carbocycles. The fourth-order valence-electron chi connectivity index (χ4n) is 2.55. The quantitative estimate of drug-likeness (QED) is 0.579. The second-order valence-electron chi connectivity index (χ2n) is 5.45. The van der Waals surface area contributed by atoms with Crippen molar-refractivity contribution in [2.45, 2.75) is 12.8 Å². The number of carbonyl (C=O) groups excluding carboxylic acids is 2. The van der Waals surface area contributed by atoms with Gasteiger partial charge < -0.3 is 9.64 Å². The van der Waals surface area contributed by atoms with E-state index in [4.69, 9.17) is 17.0 Å². The van der Waals surface area contributed by atoms with E-state index in [0.717, 1.165) is 4.88 Å². The van der Waals surface area contributed by atoms with Crippen molar-refractivity contribution in [2.75, 3.05) is 32.8 Å². The second kappa shape index (κ2) is 8.24. The third-order valence-electron chi connectivity index (χ3n) is 3.83. The topological polar surface area (TPSA) is 49.9 Å². The third-order valence-corrected chi connectivity index (χ3v) is 6.02. The number of thiophene rings is 1. The Morgan fingerprint density at radius 2 is 2.17 bits per heavy atom. The van der Waals surface area contributed by atoms with Crippen LogP contribution in [0.3, 0.4) is 0 Å². The van der Waals surface area contributed by atoms with Gasteiger partial charge in [-0.1, -0.05) is 30.0 Å². The zero-order valence-electron chi connectivity index (χ0n) is 13.1. The highest BCUT2D eigenvalue weighted by Gasteiger charge is 2.31. The second-order valence-corrected chi connectivity index (χ2v) is 8.10. The Labute approximate surface area is 154 Å². The van der Waals surface area contributed by atoms with Crippen molar-refractivity contribution >= 4 is 57.5 Å². The Morgan fingerprint density at radius 3 is 2.88 bits per heavy atom. The van der Waals surface area contributed by atoms with Crippen LogP contribution in [0.1, 0.15) is 17.7 Å². The summed E-state index contributed by atoms with van der Waals surface area (Å²) in [4.78, 5) is 29.7. The van der Waals surface area contributed by atoms with E-state index in [2.05, 4.69) is 0 Å². The van der Waals surface area contributed by atoms with Gasteiger partial charge in [0.05, 0.1) is 18.1 Å². The number of hydrogen-bond donors (Lipinski definition) is 0. The van der Waals surface area contributed by atoms with Gasteiger partial charge in [-0.2, -0.15) is 0 Å². The summed E-state index contributed by atoms with van der Waals surface area (Å²) in [7, 11) is 0. The first-order chi connectivity index (χ1) is 11.6. The summed E-state index contributed by atoms with van der Waals surface area (Å²) < 4.78 is 5.82. The number of carbonyl (C=O) groups is 2. The van der Waals surface area contributed by atoms with Crippen LogP contribution in [0, 0.1) is 0 Å². The van der Waals surface area contributed by atoms with E-state index in [1.807, 2.05) is 28.5 Å². The van der Waals surface area contributed by atoms with E-state index in [9.17, 15) is 9.59 Å². The minimum Gasteiger partial charge on any atom is -0.378 e. The Morgan fingerprint density at radius 1 is 1.38 bits per heavy atom. The fraction of sp³-hybridized carbons (Fsp3) is 0.438. The molecule has 2 fully saturated rings. The zero-order valence-corrected chi connectivity index (χ0v) is 15.6. The predicted molar refractivity (Wildman–Crippen MR) is 101 cm³/mol. The summed E-state index contributed by atoms with van der Waals surface area (Å²) >= 11 is 8.23. The van der Waals surface area contributed by atoms with Crippen molar-refractivity contribution in [3.63, 3.8) is 0 Å². The normalized spacial score (nSPS) is 20.2. The van der Waals surface area contributed by atoms with Crippen molar-refractivity contribution < 1.29 is 14.3 Å². The average Bonchev–Trinajstić information content (AvgIpc) is 3.19. The maximum Gasteiger partial charge on any atom is 0.266 e. The maximum absolute atomic E-state index is 12.5. The first kappa shape index (κ1) is 17.6. The van der Waals surface area contributed by atoms with Gasteiger partial charge in [0, 0.05) is 30.9 Å². The number of hydrogen-bond acceptors (Lipinski definition) is 6. The van der Waals surface area contributed by atoms with Gasteiger partial charge in [0.1, 0.15) is 4.32 Å². The first-order valence-corrected chi connectivity index (χ1v) is 9.90. The van der Waals surface area contributed by atoms with Gasteiger partial charge in [-0.3, -0.25) is 14.5 Å². The molecule has 2 aliphatic heterocycles. The third kappa shape index (κ3) is 4.24. The van der Waals surface area contributed by atoms with Crippen LogP contribution < -0.4 is 0 Å². The number of thioether (sulfide) groups is 1. The van der Waals surface area contributed by atoms with E-state index in [-0.39, 0.29) is 11.8 Å². The summed E-state index contributed by atoms with van der Waals surface area (Å²) in [5, 5.41) is 1.98. The number of amides is 2. The molecule has 24 heavy (non-hydrogen) atoms. The minimum absolute atomic E-state index is 0.0581. The molecule has 128 valence electrons. The minimum atomic E-state index is -0.0581. The van der Waals surface area contributed by atoms with Gasteiger partial charge in [-0.05, 0) is 23.9 Å². The SMILES string of the molecule is O=C(CCCN1C(=O)/C(=C\c2cccs2)SC1=S)N1CCOCC1. The predicted octanol–water partition coefficient (Wildman–Crippen LogP) is 2.59. The zero-order chi connectivity index (χ0) is 16.9. The standard InChI is InChI=1S/C16H18N2O3S3/c19-14(17-6-8-21-9-7-17)4-1-5-18-15(20)13(24-16(18)22)11-12-3-2-10-23-12/h2-3,10-11H,1,4-9H2/b13-11+. The highest BCUT2D eigenvalue weighted by molar-refractivity contribution is 8.26. The van der Waals surface area contributed by atoms with Crippen molar-refractivity contribution in [3.8, 4) is 0 Å². The Bertz CT molecular complexity index is 652. The lowest BCUT2D eigenvalue weighted by Gasteiger charge is -2.27. The molecule has 0 bridgehead atoms. The highest BCUT2D eigenvalue weighted by Crippen LogP contribution is 2.33. The van der Waals surface area contributed by atoms with Crippen LogP contribution in [0.2, 0.25) is 0 Å². The van der Waals surface area contributed by atoms with Gasteiger partial charge in [0.15, 0.2) is 0 Å². The Balaban J connectivity index is 1.51. The van der Waals surface area contributed by atoms with Gasteiger partial charge in [-0.15, -0.1) is 11.3 Å². The monoisotopic (exact) mass is 382 g/mol. The van der Waals surface area contributed by atoms with Gasteiger partial charge in [-0.25, -0.2) is 0 Å². The molecule has 1 aromatic rings. The van der Waals surface area contributed by atoms with E-state index in [1.54, 1.807) is 16.2 Å². The number of morpholine rings is 1. The van der Waals surface area contributed by atoms with Gasteiger partial charge in [0.2, 0.25) is 5.91 Å². The summed E-state index contributed by atoms with van der Waals surface area (Å²) in [6.07, 6.45) is 2.93. The van der Waals surface area contributed by atoms with Gasteiger partial charge in [0.25, 0.3) is 5.91 Å². The van der Waals surface area contributed by atoms with E-state index in [1.165, 1.54) is 11.8 Å². The van der Waals surface area contributed by atoms with Crippen molar-refractivity contribution in [3.05, 3.63) is 27.3 Å². The molecule has 1 aromatic heterocycles. The van der Waals surface area contributed by atoms with Crippen LogP contribution in [0.25, 0.3) is 6.08 Å². The Kier molecular flexibility index (Phi) is 6.04. The number of nitrogens with zero attached hydrogens (tertiary/aromatic N) is 2. The maximum atomic E-state index is 12.5. The molecule has 3 heterocycles. The summed E-state index contributed by atoms with van der Waals surface area (Å²) in [5.74, 6) is 0.0649. The largest absolute Gasteiger partial charge is 0.378 e. The molecule has 2 aliphatic rings. The summed E-state index contributed by atoms with van der Waals surface area (Å²) in [6.45, 7) is 3.01. The number of rotatable bonds is 5. The van der Waals surface area contributed by atoms with Gasteiger partial charge >= 0.3 is 0 Å². The molecule has 2 saturated heterocycles. The van der Waals surface area contributed by atoms with Crippen LogP contribution >= 0.6 is 35.3 Å². The molecular formula is C16H18N2O3S3. The number of ether oxygens (including phenoxy) is 1. The van der Waals surface area contributed by atoms with Crippen LogP contribution in [-0.4, -0.2) is 58.8 Å². The van der Waals surface area contributed by atoms with Crippen LogP contribution in [0.15, 0.2) is 22.4 Å². The van der Waals surface area contributed by atoms with E-state index >= 15 is 0 Å². The van der Waals surface area contributed by atoms with Crippen LogP contribution in [0.5, 0.6) is 0 Å². The number of thiocarbonyl (C=S) groups is 1. The molecule has 3 rings (SSSR count). The molecule has 0 spiro atoms. The highest BCUT2D eigenvalue weighted by atomic mass is 32.2. The molecular weight excluding hydrogens is 364 g/mol. The molecule has 0 unspecified atom stereocenters. The Hall–Kier alpha value is -1.22. The van der Waals surface area contributed by atoms with Crippen molar-refractivity contribution in [2.24, 2.45) is 0 Å². The smallest absolute Gasteiger partial charge is 0.266 e. The molecule has 2 amide bonds. The van der Waals surface area contributed by atoms with Crippen molar-refractivity contribution in [1.29, 1.82) is 0 Å². The fourth-order valence-corrected chi connectivity index (χ4v) is 4.59. The van der Waals surface area contributed by atoms with Crippen molar-refractivity contribution in [1.82, 2.24) is 9.80 Å². The van der Waals surface area contributed by atoms with Crippen LogP contribution in [0.4, 0.5) is 0 Å². The molecule has 8 heteroatoms. The van der Waals surface area contributed by atoms with E-state index < -0.39 is 0 Å². The molecule has 0 radical (unpaired) electrons. The van der Waals surface area contributed by atoms with E-state index in [0.29, 0.717) is 54.9 Å². The molecule has 0 aromatic carbocycles. The molecule has 5 nitrogen and oxygen atoms in total. The summed E-state index contributed by atoms with van der Waals surface area (Å²) in [6, 6.07) is 3.92. The lowest BCUT2D eigenvalue weighted by molar-refractivity contribution is -0.135.